The molecule has 7 nitrogen and oxygen atoms in total. The van der Waals surface area contributed by atoms with Gasteiger partial charge in [-0.1, -0.05) is 19.1 Å². The fourth-order valence-electron chi connectivity index (χ4n) is 4.70. The van der Waals surface area contributed by atoms with E-state index in [2.05, 4.69) is 21.8 Å². The Labute approximate surface area is 178 Å². The fraction of sp³-hybridized carbons (Fsp3) is 0.522. The summed E-state index contributed by atoms with van der Waals surface area (Å²) in [5.74, 6) is 2.34. The second kappa shape index (κ2) is 8.50. The van der Waals surface area contributed by atoms with Gasteiger partial charge in [-0.3, -0.25) is 4.79 Å². The van der Waals surface area contributed by atoms with Crippen molar-refractivity contribution in [2.75, 3.05) is 38.8 Å². The van der Waals surface area contributed by atoms with Gasteiger partial charge in [-0.05, 0) is 37.3 Å². The molecule has 2 aromatic rings. The zero-order valence-corrected chi connectivity index (χ0v) is 18.1. The summed E-state index contributed by atoms with van der Waals surface area (Å²) >= 11 is 0. The topological polar surface area (TPSA) is 67.8 Å². The van der Waals surface area contributed by atoms with Gasteiger partial charge in [0.1, 0.15) is 0 Å². The summed E-state index contributed by atoms with van der Waals surface area (Å²) in [6.07, 6.45) is 7.46. The summed E-state index contributed by atoms with van der Waals surface area (Å²) in [6, 6.07) is 5.82. The molecule has 4 rings (SSSR count). The van der Waals surface area contributed by atoms with Crippen LogP contribution in [-0.4, -0.2) is 54.6 Å². The van der Waals surface area contributed by atoms with Crippen molar-refractivity contribution >= 4 is 11.9 Å². The summed E-state index contributed by atoms with van der Waals surface area (Å²) < 4.78 is 11.0. The molecule has 3 heterocycles. The lowest BCUT2D eigenvalue weighted by molar-refractivity contribution is -0.145. The number of aromatic nitrogens is 2. The molecule has 30 heavy (non-hydrogen) atoms. The molecular formula is C23H30N4O3. The standard InChI is InChI=1S/C23H30N4O3/c1-4-17-13-24-22(25-14-17)27-12-10-23(16-27)9-6-11-26(21(23)28)15-18-7-5-8-19(29-2)20(18)30-3/h5,7-8,13-14H,4,6,9-12,15-16H2,1-3H3/t23-/m1/s1. The van der Waals surface area contributed by atoms with E-state index in [4.69, 9.17) is 9.47 Å². The van der Waals surface area contributed by atoms with E-state index >= 15 is 0 Å². The highest BCUT2D eigenvalue weighted by Gasteiger charge is 2.49. The molecule has 0 saturated carbocycles. The molecular weight excluding hydrogens is 380 g/mol. The second-order valence-electron chi connectivity index (χ2n) is 8.18. The summed E-state index contributed by atoms with van der Waals surface area (Å²) in [5.41, 5.74) is 1.74. The number of piperidine rings is 1. The first-order valence-electron chi connectivity index (χ1n) is 10.7. The van der Waals surface area contributed by atoms with E-state index in [1.54, 1.807) is 14.2 Å². The van der Waals surface area contributed by atoms with Gasteiger partial charge in [0.25, 0.3) is 0 Å². The van der Waals surface area contributed by atoms with Crippen LogP contribution in [0.4, 0.5) is 5.95 Å². The first-order chi connectivity index (χ1) is 14.6. The summed E-state index contributed by atoms with van der Waals surface area (Å²) in [7, 11) is 3.27. The Morgan fingerprint density at radius 1 is 1.10 bits per heavy atom. The van der Waals surface area contributed by atoms with Crippen LogP contribution in [0.3, 0.4) is 0 Å². The van der Waals surface area contributed by atoms with Crippen molar-refractivity contribution in [2.45, 2.75) is 39.2 Å². The summed E-state index contributed by atoms with van der Waals surface area (Å²) in [5, 5.41) is 0. The number of para-hydroxylation sites is 1. The van der Waals surface area contributed by atoms with Crippen molar-refractivity contribution in [1.82, 2.24) is 14.9 Å². The highest BCUT2D eigenvalue weighted by molar-refractivity contribution is 5.85. The fourth-order valence-corrected chi connectivity index (χ4v) is 4.70. The number of hydrogen-bond donors (Lipinski definition) is 0. The minimum absolute atomic E-state index is 0.228. The zero-order chi connectivity index (χ0) is 21.1. The quantitative estimate of drug-likeness (QED) is 0.729. The molecule has 2 aliphatic heterocycles. The molecule has 7 heteroatoms. The molecule has 2 saturated heterocycles. The maximum Gasteiger partial charge on any atom is 0.230 e. The van der Waals surface area contributed by atoms with Gasteiger partial charge in [0.15, 0.2) is 11.5 Å². The number of likely N-dealkylation sites (tertiary alicyclic amines) is 1. The number of anilines is 1. The molecule has 0 bridgehead atoms. The molecule has 1 spiro atoms. The second-order valence-corrected chi connectivity index (χ2v) is 8.18. The smallest absolute Gasteiger partial charge is 0.230 e. The van der Waals surface area contributed by atoms with Gasteiger partial charge >= 0.3 is 0 Å². The van der Waals surface area contributed by atoms with Gasteiger partial charge in [0.2, 0.25) is 11.9 Å². The molecule has 0 N–H and O–H groups in total. The SMILES string of the molecule is CCc1cnc(N2CC[C@]3(CCCN(Cc4cccc(OC)c4OC)C3=O)C2)nc1. The normalized spacial score (nSPS) is 21.4. The van der Waals surface area contributed by atoms with Crippen molar-refractivity contribution < 1.29 is 14.3 Å². The number of rotatable bonds is 6. The highest BCUT2D eigenvalue weighted by atomic mass is 16.5. The van der Waals surface area contributed by atoms with Gasteiger partial charge in [-0.15, -0.1) is 0 Å². The van der Waals surface area contributed by atoms with Crippen LogP contribution in [0.5, 0.6) is 11.5 Å². The average Bonchev–Trinajstić information content (AvgIpc) is 3.21. The maximum atomic E-state index is 13.6. The molecule has 1 aromatic heterocycles. The van der Waals surface area contributed by atoms with Crippen LogP contribution in [0.1, 0.15) is 37.3 Å². The highest BCUT2D eigenvalue weighted by Crippen LogP contribution is 2.42. The van der Waals surface area contributed by atoms with Crippen molar-refractivity contribution in [3.8, 4) is 11.5 Å². The lowest BCUT2D eigenvalue weighted by Gasteiger charge is -2.39. The monoisotopic (exact) mass is 410 g/mol. The molecule has 0 aliphatic carbocycles. The molecule has 2 aliphatic rings. The number of ether oxygens (including phenoxy) is 2. The first kappa shape index (κ1) is 20.4. The van der Waals surface area contributed by atoms with Crippen LogP contribution in [0.15, 0.2) is 30.6 Å². The number of carbonyl (C=O) groups excluding carboxylic acids is 1. The molecule has 1 aromatic carbocycles. The Bertz CT molecular complexity index is 902. The minimum Gasteiger partial charge on any atom is -0.493 e. The molecule has 1 amide bonds. The third-order valence-corrected chi connectivity index (χ3v) is 6.41. The third kappa shape index (κ3) is 3.68. The van der Waals surface area contributed by atoms with Gasteiger partial charge < -0.3 is 19.3 Å². The van der Waals surface area contributed by atoms with Gasteiger partial charge in [-0.25, -0.2) is 9.97 Å². The molecule has 2 fully saturated rings. The number of methoxy groups -OCH3 is 2. The Morgan fingerprint density at radius 2 is 1.90 bits per heavy atom. The van der Waals surface area contributed by atoms with Crippen molar-refractivity contribution in [3.63, 3.8) is 0 Å². The average molecular weight is 411 g/mol. The van der Waals surface area contributed by atoms with E-state index in [1.807, 2.05) is 35.5 Å². The van der Waals surface area contributed by atoms with Crippen LogP contribution >= 0.6 is 0 Å². The zero-order valence-electron chi connectivity index (χ0n) is 18.1. The first-order valence-corrected chi connectivity index (χ1v) is 10.7. The van der Waals surface area contributed by atoms with Crippen molar-refractivity contribution in [1.29, 1.82) is 0 Å². The van der Waals surface area contributed by atoms with Gasteiger partial charge in [0.05, 0.1) is 19.6 Å². The molecule has 1 atom stereocenters. The van der Waals surface area contributed by atoms with Crippen LogP contribution in [0.25, 0.3) is 0 Å². The number of benzene rings is 1. The van der Waals surface area contributed by atoms with E-state index in [-0.39, 0.29) is 11.3 Å². The van der Waals surface area contributed by atoms with Gasteiger partial charge in [-0.2, -0.15) is 0 Å². The van der Waals surface area contributed by atoms with E-state index in [0.29, 0.717) is 24.6 Å². The van der Waals surface area contributed by atoms with E-state index in [0.717, 1.165) is 55.8 Å². The minimum atomic E-state index is -0.350. The maximum absolute atomic E-state index is 13.6. The van der Waals surface area contributed by atoms with Crippen molar-refractivity contribution in [3.05, 3.63) is 41.7 Å². The number of nitrogens with zero attached hydrogens (tertiary/aromatic N) is 4. The Kier molecular flexibility index (Phi) is 5.79. The van der Waals surface area contributed by atoms with Crippen LogP contribution in [0.2, 0.25) is 0 Å². The lowest BCUT2D eigenvalue weighted by atomic mass is 9.78. The Balaban J connectivity index is 1.51. The van der Waals surface area contributed by atoms with Crippen molar-refractivity contribution in [2.24, 2.45) is 5.41 Å². The number of carbonyl (C=O) groups is 1. The third-order valence-electron chi connectivity index (χ3n) is 6.41. The molecule has 0 radical (unpaired) electrons. The van der Waals surface area contributed by atoms with Crippen LogP contribution in [-0.2, 0) is 17.8 Å². The van der Waals surface area contributed by atoms with E-state index in [1.165, 1.54) is 0 Å². The largest absolute Gasteiger partial charge is 0.493 e. The van der Waals surface area contributed by atoms with E-state index < -0.39 is 0 Å². The summed E-state index contributed by atoms with van der Waals surface area (Å²) in [4.78, 5) is 26.8. The molecule has 0 unspecified atom stereocenters. The molecule has 160 valence electrons. The van der Waals surface area contributed by atoms with Crippen LogP contribution < -0.4 is 14.4 Å². The lowest BCUT2D eigenvalue weighted by Crippen LogP contribution is -2.49. The number of aryl methyl sites for hydroxylation is 1. The predicted molar refractivity (Wildman–Crippen MR) is 115 cm³/mol. The Morgan fingerprint density at radius 3 is 2.60 bits per heavy atom. The van der Waals surface area contributed by atoms with Crippen LogP contribution in [0, 0.1) is 5.41 Å². The van der Waals surface area contributed by atoms with E-state index in [9.17, 15) is 4.79 Å². The summed E-state index contributed by atoms with van der Waals surface area (Å²) in [6.45, 7) is 4.89. The number of hydrogen-bond acceptors (Lipinski definition) is 6. The number of amides is 1. The predicted octanol–water partition coefficient (Wildman–Crippen LogP) is 3.08. The Hall–Kier alpha value is -2.83. The van der Waals surface area contributed by atoms with Gasteiger partial charge in [0, 0.05) is 44.1 Å².